The third kappa shape index (κ3) is 4.62. The maximum absolute atomic E-state index is 13.8. The molecule has 0 unspecified atom stereocenters. The number of halogens is 1. The van der Waals surface area contributed by atoms with Crippen LogP contribution in [0.2, 0.25) is 5.02 Å². The summed E-state index contributed by atoms with van der Waals surface area (Å²) >= 11 is 6.39. The van der Waals surface area contributed by atoms with Crippen LogP contribution in [-0.4, -0.2) is 61.0 Å². The molecule has 0 spiro atoms. The van der Waals surface area contributed by atoms with Gasteiger partial charge in [-0.1, -0.05) is 41.9 Å². The van der Waals surface area contributed by atoms with Crippen LogP contribution in [0.15, 0.2) is 78.9 Å². The summed E-state index contributed by atoms with van der Waals surface area (Å²) in [7, 11) is 3.22. The average Bonchev–Trinajstić information content (AvgIpc) is 3.38. The second-order valence-corrected chi connectivity index (χ2v) is 8.87. The Labute approximate surface area is 215 Å². The van der Waals surface area contributed by atoms with Gasteiger partial charge in [0.15, 0.2) is 0 Å². The van der Waals surface area contributed by atoms with Crippen LogP contribution >= 0.6 is 11.6 Å². The molecule has 0 atom stereocenters. The summed E-state index contributed by atoms with van der Waals surface area (Å²) in [5.41, 5.74) is 3.74. The summed E-state index contributed by atoms with van der Waals surface area (Å²) in [4.78, 5) is 17.9. The minimum absolute atomic E-state index is 0.0658. The number of carbonyl (C=O) groups excluding carboxylic acids is 1. The van der Waals surface area contributed by atoms with Crippen molar-refractivity contribution in [2.24, 2.45) is 0 Å². The topological polar surface area (TPSA) is 59.8 Å². The Bertz CT molecular complexity index is 1360. The summed E-state index contributed by atoms with van der Waals surface area (Å²) in [5.74, 6) is 1.24. The fourth-order valence-corrected chi connectivity index (χ4v) is 4.72. The zero-order valence-electron chi connectivity index (χ0n) is 20.2. The number of nitrogens with zero attached hydrogens (tertiary/aromatic N) is 4. The first-order chi connectivity index (χ1) is 17.6. The molecule has 0 radical (unpaired) electrons. The standard InChI is InChI=1S/C28H27ClN4O3/c1-35-21-12-13-22(27(18-21)36-2)24-19-26(33(30-24)20-8-4-3-5-9-20)28(34)32-16-14-31(15-17-32)25-11-7-6-10-23(25)29/h3-13,18-19H,14-17H2,1-2H3. The maximum atomic E-state index is 13.8. The van der Waals surface area contributed by atoms with Crippen molar-refractivity contribution in [3.05, 3.63) is 89.6 Å². The van der Waals surface area contributed by atoms with E-state index >= 15 is 0 Å². The highest BCUT2D eigenvalue weighted by atomic mass is 35.5. The van der Waals surface area contributed by atoms with E-state index in [0.29, 0.717) is 49.1 Å². The van der Waals surface area contributed by atoms with E-state index < -0.39 is 0 Å². The lowest BCUT2D eigenvalue weighted by Gasteiger charge is -2.36. The number of benzene rings is 3. The van der Waals surface area contributed by atoms with E-state index in [1.54, 1.807) is 18.9 Å². The molecule has 8 heteroatoms. The quantitative estimate of drug-likeness (QED) is 0.364. The number of hydrogen-bond acceptors (Lipinski definition) is 5. The van der Waals surface area contributed by atoms with Crippen molar-refractivity contribution in [1.82, 2.24) is 14.7 Å². The van der Waals surface area contributed by atoms with E-state index in [1.165, 1.54) is 0 Å². The summed E-state index contributed by atoms with van der Waals surface area (Å²) < 4.78 is 12.6. The molecule has 36 heavy (non-hydrogen) atoms. The number of para-hydroxylation sites is 2. The maximum Gasteiger partial charge on any atom is 0.272 e. The lowest BCUT2D eigenvalue weighted by atomic mass is 10.1. The Morgan fingerprint density at radius 3 is 2.28 bits per heavy atom. The van der Waals surface area contributed by atoms with E-state index in [9.17, 15) is 4.79 Å². The van der Waals surface area contributed by atoms with Crippen LogP contribution in [0.5, 0.6) is 11.5 Å². The molecule has 2 heterocycles. The van der Waals surface area contributed by atoms with Crippen molar-refractivity contribution < 1.29 is 14.3 Å². The predicted molar refractivity (Wildman–Crippen MR) is 142 cm³/mol. The Kier molecular flexibility index (Phi) is 6.82. The van der Waals surface area contributed by atoms with Crippen LogP contribution in [0, 0.1) is 0 Å². The molecular formula is C28H27ClN4O3. The monoisotopic (exact) mass is 502 g/mol. The fraction of sp³-hybridized carbons (Fsp3) is 0.214. The van der Waals surface area contributed by atoms with Crippen molar-refractivity contribution in [2.45, 2.75) is 0 Å². The Morgan fingerprint density at radius 1 is 0.861 bits per heavy atom. The SMILES string of the molecule is COc1ccc(-c2cc(C(=O)N3CCN(c4ccccc4Cl)CC3)n(-c3ccccc3)n2)c(OC)c1. The van der Waals surface area contributed by atoms with Crippen LogP contribution < -0.4 is 14.4 Å². The van der Waals surface area contributed by atoms with Crippen LogP contribution in [-0.2, 0) is 0 Å². The normalized spacial score (nSPS) is 13.5. The number of methoxy groups -OCH3 is 2. The van der Waals surface area contributed by atoms with Gasteiger partial charge in [0.2, 0.25) is 0 Å². The van der Waals surface area contributed by atoms with E-state index in [1.807, 2.05) is 83.8 Å². The number of carbonyl (C=O) groups is 1. The summed E-state index contributed by atoms with van der Waals surface area (Å²) in [5, 5.41) is 5.55. The van der Waals surface area contributed by atoms with Crippen LogP contribution in [0.1, 0.15) is 10.5 Å². The molecule has 7 nitrogen and oxygen atoms in total. The number of anilines is 1. The zero-order valence-corrected chi connectivity index (χ0v) is 21.0. The van der Waals surface area contributed by atoms with Crippen LogP contribution in [0.3, 0.4) is 0 Å². The predicted octanol–water partition coefficient (Wildman–Crippen LogP) is 5.17. The largest absolute Gasteiger partial charge is 0.497 e. The first-order valence-electron chi connectivity index (χ1n) is 11.8. The van der Waals surface area contributed by atoms with E-state index in [-0.39, 0.29) is 5.91 Å². The number of ether oxygens (including phenoxy) is 2. The number of piperazine rings is 1. The van der Waals surface area contributed by atoms with Gasteiger partial charge in [-0.3, -0.25) is 4.79 Å². The molecule has 0 bridgehead atoms. The smallest absolute Gasteiger partial charge is 0.272 e. The van der Waals surface area contributed by atoms with Gasteiger partial charge in [0.25, 0.3) is 5.91 Å². The lowest BCUT2D eigenvalue weighted by Crippen LogP contribution is -2.49. The highest BCUT2D eigenvalue weighted by molar-refractivity contribution is 6.33. The highest BCUT2D eigenvalue weighted by Gasteiger charge is 2.27. The molecule has 0 N–H and O–H groups in total. The average molecular weight is 503 g/mol. The number of rotatable bonds is 6. The second-order valence-electron chi connectivity index (χ2n) is 8.46. The zero-order chi connectivity index (χ0) is 25.1. The molecule has 3 aromatic carbocycles. The van der Waals surface area contributed by atoms with Crippen molar-refractivity contribution in [3.63, 3.8) is 0 Å². The van der Waals surface area contributed by atoms with Crippen LogP contribution in [0.25, 0.3) is 16.9 Å². The molecule has 1 amide bonds. The third-order valence-electron chi connectivity index (χ3n) is 6.37. The van der Waals surface area contributed by atoms with Gasteiger partial charge in [-0.15, -0.1) is 0 Å². The molecule has 1 aliphatic rings. The van der Waals surface area contributed by atoms with Crippen molar-refractivity contribution in [2.75, 3.05) is 45.3 Å². The van der Waals surface area contributed by atoms with Gasteiger partial charge < -0.3 is 19.3 Å². The molecule has 0 saturated carbocycles. The summed E-state index contributed by atoms with van der Waals surface area (Å²) in [6.07, 6.45) is 0. The molecule has 1 aliphatic heterocycles. The van der Waals surface area contributed by atoms with E-state index in [4.69, 9.17) is 26.2 Å². The minimum atomic E-state index is -0.0658. The Hall–Kier alpha value is -3.97. The van der Waals surface area contributed by atoms with Gasteiger partial charge in [0.05, 0.1) is 36.3 Å². The molecule has 0 aliphatic carbocycles. The van der Waals surface area contributed by atoms with Gasteiger partial charge in [-0.05, 0) is 42.5 Å². The summed E-state index contributed by atoms with van der Waals surface area (Å²) in [6, 6.07) is 24.9. The highest BCUT2D eigenvalue weighted by Crippen LogP contribution is 2.34. The van der Waals surface area contributed by atoms with E-state index in [0.717, 1.165) is 22.0 Å². The second kappa shape index (κ2) is 10.3. The summed E-state index contributed by atoms with van der Waals surface area (Å²) in [6.45, 7) is 2.58. The number of amides is 1. The van der Waals surface area contributed by atoms with Gasteiger partial charge in [0, 0.05) is 37.8 Å². The molecule has 1 fully saturated rings. The Balaban J connectivity index is 1.46. The van der Waals surface area contributed by atoms with Crippen molar-refractivity contribution in [3.8, 4) is 28.4 Å². The first kappa shape index (κ1) is 23.8. The van der Waals surface area contributed by atoms with Gasteiger partial charge in [-0.2, -0.15) is 5.10 Å². The lowest BCUT2D eigenvalue weighted by molar-refractivity contribution is 0.0737. The molecule has 1 aromatic heterocycles. The van der Waals surface area contributed by atoms with Crippen molar-refractivity contribution >= 4 is 23.2 Å². The molecular weight excluding hydrogens is 476 g/mol. The molecule has 4 aromatic rings. The Morgan fingerprint density at radius 2 is 1.58 bits per heavy atom. The van der Waals surface area contributed by atoms with Crippen molar-refractivity contribution in [1.29, 1.82) is 0 Å². The third-order valence-corrected chi connectivity index (χ3v) is 6.69. The molecule has 184 valence electrons. The van der Waals surface area contributed by atoms with Gasteiger partial charge in [0.1, 0.15) is 17.2 Å². The number of aromatic nitrogens is 2. The molecule has 5 rings (SSSR count). The fourth-order valence-electron chi connectivity index (χ4n) is 4.46. The minimum Gasteiger partial charge on any atom is -0.497 e. The first-order valence-corrected chi connectivity index (χ1v) is 12.1. The van der Waals surface area contributed by atoms with Gasteiger partial charge >= 0.3 is 0 Å². The molecule has 1 saturated heterocycles. The number of hydrogen-bond donors (Lipinski definition) is 0. The van der Waals surface area contributed by atoms with E-state index in [2.05, 4.69) is 4.90 Å². The van der Waals surface area contributed by atoms with Crippen LogP contribution in [0.4, 0.5) is 5.69 Å². The van der Waals surface area contributed by atoms with Gasteiger partial charge in [-0.25, -0.2) is 4.68 Å².